The highest BCUT2D eigenvalue weighted by molar-refractivity contribution is 7.98. The first kappa shape index (κ1) is 18.5. The molecule has 0 spiro atoms. The first-order chi connectivity index (χ1) is 13.0. The molecule has 0 aliphatic carbocycles. The Balaban J connectivity index is 1.90. The summed E-state index contributed by atoms with van der Waals surface area (Å²) in [6.07, 6.45) is 4.92. The van der Waals surface area contributed by atoms with Crippen LogP contribution in [0.1, 0.15) is 10.4 Å². The van der Waals surface area contributed by atoms with Gasteiger partial charge in [-0.05, 0) is 24.5 Å². The molecule has 1 heterocycles. The number of carbonyl (C=O) groups excluding carboxylic acids is 1. The number of nitro benzene ring substituents is 1. The van der Waals surface area contributed by atoms with E-state index in [1.807, 2.05) is 30.3 Å². The minimum absolute atomic E-state index is 0.0439. The number of hydrogen-bond acceptors (Lipinski definition) is 6. The maximum atomic E-state index is 12.7. The number of nitrogens with zero attached hydrogens (tertiary/aromatic N) is 3. The van der Waals surface area contributed by atoms with Crippen LogP contribution >= 0.6 is 11.8 Å². The fourth-order valence-corrected chi connectivity index (χ4v) is 3.09. The number of rotatable bonds is 6. The highest BCUT2D eigenvalue weighted by Crippen LogP contribution is 2.34. The van der Waals surface area contributed by atoms with Crippen molar-refractivity contribution < 1.29 is 14.5 Å². The Bertz CT molecular complexity index is 988. The Kier molecular flexibility index (Phi) is 5.41. The van der Waals surface area contributed by atoms with Crippen LogP contribution in [0.4, 0.5) is 11.4 Å². The zero-order chi connectivity index (χ0) is 19.4. The van der Waals surface area contributed by atoms with Gasteiger partial charge in [-0.2, -0.15) is 5.10 Å². The van der Waals surface area contributed by atoms with Crippen molar-refractivity contribution in [1.82, 2.24) is 9.78 Å². The van der Waals surface area contributed by atoms with Crippen LogP contribution in [-0.4, -0.2) is 34.0 Å². The zero-order valence-corrected chi connectivity index (χ0v) is 15.4. The van der Waals surface area contributed by atoms with Crippen molar-refractivity contribution in [3.05, 3.63) is 70.5 Å². The molecule has 0 saturated carbocycles. The molecule has 0 unspecified atom stereocenters. The second-order valence-electron chi connectivity index (χ2n) is 5.44. The number of anilines is 1. The summed E-state index contributed by atoms with van der Waals surface area (Å²) < 4.78 is 6.76. The van der Waals surface area contributed by atoms with E-state index < -0.39 is 10.8 Å². The lowest BCUT2D eigenvalue weighted by Gasteiger charge is -2.09. The normalized spacial score (nSPS) is 10.4. The molecule has 2 aromatic carbocycles. The molecule has 0 atom stereocenters. The first-order valence-electron chi connectivity index (χ1n) is 7.85. The van der Waals surface area contributed by atoms with Gasteiger partial charge in [0, 0.05) is 0 Å². The summed E-state index contributed by atoms with van der Waals surface area (Å²) in [6, 6.07) is 12.1. The Morgan fingerprint density at radius 2 is 2.04 bits per heavy atom. The summed E-state index contributed by atoms with van der Waals surface area (Å²) in [7, 11) is 1.43. The van der Waals surface area contributed by atoms with Crippen LogP contribution in [0.15, 0.2) is 59.8 Å². The average Bonchev–Trinajstić information content (AvgIpc) is 3.15. The molecule has 1 aromatic heterocycles. The third-order valence-electron chi connectivity index (χ3n) is 3.80. The van der Waals surface area contributed by atoms with Crippen LogP contribution in [-0.2, 0) is 0 Å². The van der Waals surface area contributed by atoms with Gasteiger partial charge in [0.1, 0.15) is 11.3 Å². The van der Waals surface area contributed by atoms with Crippen molar-refractivity contribution in [2.45, 2.75) is 4.90 Å². The summed E-state index contributed by atoms with van der Waals surface area (Å²) in [6.45, 7) is 0. The van der Waals surface area contributed by atoms with Crippen molar-refractivity contribution in [3.8, 4) is 11.4 Å². The highest BCUT2D eigenvalue weighted by Gasteiger charge is 2.24. The number of thioether (sulfide) groups is 1. The maximum absolute atomic E-state index is 12.7. The van der Waals surface area contributed by atoms with Crippen molar-refractivity contribution >= 4 is 29.0 Å². The van der Waals surface area contributed by atoms with E-state index in [2.05, 4.69) is 10.4 Å². The summed E-state index contributed by atoms with van der Waals surface area (Å²) >= 11 is 1.34. The predicted octanol–water partition coefficient (Wildman–Crippen LogP) is 3.76. The summed E-state index contributed by atoms with van der Waals surface area (Å²) in [5.74, 6) is -0.241. The van der Waals surface area contributed by atoms with Crippen LogP contribution in [0, 0.1) is 10.1 Å². The number of methoxy groups -OCH3 is 1. The van der Waals surface area contributed by atoms with Gasteiger partial charge in [0.25, 0.3) is 11.6 Å². The number of nitrogens with one attached hydrogen (secondary N) is 1. The number of para-hydroxylation sites is 1. The summed E-state index contributed by atoms with van der Waals surface area (Å²) in [5.41, 5.74) is 0.896. The maximum Gasteiger partial charge on any atom is 0.285 e. The average molecular weight is 384 g/mol. The molecule has 138 valence electrons. The highest BCUT2D eigenvalue weighted by atomic mass is 32.2. The lowest BCUT2D eigenvalue weighted by molar-refractivity contribution is -0.385. The first-order valence-corrected chi connectivity index (χ1v) is 9.08. The third-order valence-corrected chi connectivity index (χ3v) is 4.56. The molecule has 0 fully saturated rings. The minimum atomic E-state index is -0.602. The number of amides is 1. The topological polar surface area (TPSA) is 99.3 Å². The van der Waals surface area contributed by atoms with Crippen LogP contribution in [0.2, 0.25) is 0 Å². The molecule has 8 nitrogen and oxygen atoms in total. The third kappa shape index (κ3) is 3.93. The monoisotopic (exact) mass is 384 g/mol. The van der Waals surface area contributed by atoms with Crippen molar-refractivity contribution in [2.24, 2.45) is 0 Å². The number of benzene rings is 2. The summed E-state index contributed by atoms with van der Waals surface area (Å²) in [5, 5.41) is 18.2. The van der Waals surface area contributed by atoms with Gasteiger partial charge < -0.3 is 10.1 Å². The molecule has 3 rings (SSSR count). The Hall–Kier alpha value is -3.33. The molecule has 0 aliphatic rings. The lowest BCUT2D eigenvalue weighted by Crippen LogP contribution is -2.14. The van der Waals surface area contributed by atoms with E-state index in [4.69, 9.17) is 4.74 Å². The Morgan fingerprint density at radius 1 is 1.30 bits per heavy atom. The van der Waals surface area contributed by atoms with Gasteiger partial charge in [-0.1, -0.05) is 18.2 Å². The van der Waals surface area contributed by atoms with E-state index in [1.165, 1.54) is 37.2 Å². The number of hydrogen-bond donors (Lipinski definition) is 1. The van der Waals surface area contributed by atoms with Crippen LogP contribution in [0.25, 0.3) is 5.69 Å². The van der Waals surface area contributed by atoms with E-state index in [0.717, 1.165) is 5.69 Å². The molecule has 27 heavy (non-hydrogen) atoms. The van der Waals surface area contributed by atoms with Crippen molar-refractivity contribution in [3.63, 3.8) is 0 Å². The quantitative estimate of drug-likeness (QED) is 0.395. The van der Waals surface area contributed by atoms with Gasteiger partial charge in [-0.15, -0.1) is 11.8 Å². The fraction of sp³-hybridized carbons (Fsp3) is 0.111. The standard InChI is InChI=1S/C18H16N4O4S/c1-26-16-9-15(22(24)25)14(8-17(16)27-2)18(23)20-12-10-19-21(11-12)13-6-4-3-5-7-13/h3-11H,1-2H3,(H,20,23). The van der Waals surface area contributed by atoms with E-state index in [1.54, 1.807) is 17.1 Å². The molecular weight excluding hydrogens is 368 g/mol. The molecule has 3 aromatic rings. The molecule has 0 bridgehead atoms. The molecule has 9 heteroatoms. The Morgan fingerprint density at radius 3 is 2.67 bits per heavy atom. The van der Waals surface area contributed by atoms with Crippen molar-refractivity contribution in [1.29, 1.82) is 0 Å². The Labute approximate surface area is 159 Å². The van der Waals surface area contributed by atoms with Crippen LogP contribution in [0.3, 0.4) is 0 Å². The number of nitro groups is 1. The van der Waals surface area contributed by atoms with E-state index in [0.29, 0.717) is 16.3 Å². The largest absolute Gasteiger partial charge is 0.495 e. The predicted molar refractivity (Wildman–Crippen MR) is 103 cm³/mol. The van der Waals surface area contributed by atoms with Crippen LogP contribution in [0.5, 0.6) is 5.75 Å². The SMILES string of the molecule is COc1cc([N+](=O)[O-])c(C(=O)Nc2cnn(-c3ccccc3)c2)cc1SC. The van der Waals surface area contributed by atoms with Crippen LogP contribution < -0.4 is 10.1 Å². The molecule has 0 radical (unpaired) electrons. The van der Waals surface area contributed by atoms with Gasteiger partial charge >= 0.3 is 0 Å². The smallest absolute Gasteiger partial charge is 0.285 e. The fourth-order valence-electron chi connectivity index (χ4n) is 2.51. The lowest BCUT2D eigenvalue weighted by atomic mass is 10.1. The summed E-state index contributed by atoms with van der Waals surface area (Å²) in [4.78, 5) is 24.1. The van der Waals surface area contributed by atoms with Gasteiger partial charge in [0.15, 0.2) is 0 Å². The number of aromatic nitrogens is 2. The van der Waals surface area contributed by atoms with Gasteiger partial charge in [0.2, 0.25) is 0 Å². The molecule has 0 aliphatic heterocycles. The van der Waals surface area contributed by atoms with E-state index >= 15 is 0 Å². The van der Waals surface area contributed by atoms with Gasteiger partial charge in [-0.3, -0.25) is 14.9 Å². The van der Waals surface area contributed by atoms with E-state index in [-0.39, 0.29) is 11.3 Å². The van der Waals surface area contributed by atoms with Gasteiger partial charge in [0.05, 0.1) is 46.8 Å². The molecule has 0 saturated heterocycles. The number of carbonyl (C=O) groups is 1. The second-order valence-corrected chi connectivity index (χ2v) is 6.29. The minimum Gasteiger partial charge on any atom is -0.495 e. The van der Waals surface area contributed by atoms with Gasteiger partial charge in [-0.25, -0.2) is 4.68 Å². The van der Waals surface area contributed by atoms with E-state index in [9.17, 15) is 14.9 Å². The molecule has 1 N–H and O–H groups in total. The zero-order valence-electron chi connectivity index (χ0n) is 14.6. The molecular formula is C18H16N4O4S. The second kappa shape index (κ2) is 7.92. The number of ether oxygens (including phenoxy) is 1. The van der Waals surface area contributed by atoms with Crippen molar-refractivity contribution in [2.75, 3.05) is 18.7 Å². The molecule has 1 amide bonds.